The van der Waals surface area contributed by atoms with Crippen molar-refractivity contribution >= 4 is 11.9 Å². The average molecular weight is 249 g/mol. The fraction of sp³-hybridized carbons (Fsp3) is 0.385. The minimum Gasteiger partial charge on any atom is -0.507 e. The molecule has 1 aliphatic carbocycles. The second-order valence-electron chi connectivity index (χ2n) is 4.35. The van der Waals surface area contributed by atoms with Crippen molar-refractivity contribution in [2.45, 2.75) is 31.9 Å². The summed E-state index contributed by atoms with van der Waals surface area (Å²) in [5.74, 6) is -1.16. The van der Waals surface area contributed by atoms with Gasteiger partial charge < -0.3 is 15.2 Å². The number of benzene rings is 1. The lowest BCUT2D eigenvalue weighted by Gasteiger charge is -2.13. The molecule has 0 heterocycles. The molecule has 0 radical (unpaired) electrons. The number of carbonyl (C=O) groups excluding carboxylic acids is 2. The number of phenols is 1. The molecule has 96 valence electrons. The van der Waals surface area contributed by atoms with Gasteiger partial charge in [0.1, 0.15) is 11.3 Å². The Morgan fingerprint density at radius 3 is 2.67 bits per heavy atom. The third kappa shape index (κ3) is 3.00. The Bertz CT molecular complexity index is 468. The normalized spacial score (nSPS) is 15.8. The quantitative estimate of drug-likeness (QED) is 0.787. The Balaban J connectivity index is 1.94. The van der Waals surface area contributed by atoms with Crippen LogP contribution < -0.4 is 5.32 Å². The van der Waals surface area contributed by atoms with Gasteiger partial charge in [0, 0.05) is 6.04 Å². The van der Waals surface area contributed by atoms with Crippen molar-refractivity contribution in [2.24, 2.45) is 0 Å². The lowest BCUT2D eigenvalue weighted by Crippen LogP contribution is -2.37. The molecule has 0 spiro atoms. The highest BCUT2D eigenvalue weighted by molar-refractivity contribution is 5.94. The lowest BCUT2D eigenvalue weighted by atomic mass is 10.2. The van der Waals surface area contributed by atoms with Crippen molar-refractivity contribution in [2.75, 3.05) is 0 Å². The van der Waals surface area contributed by atoms with Gasteiger partial charge in [0.25, 0.3) is 5.91 Å². The van der Waals surface area contributed by atoms with Crippen LogP contribution in [0.1, 0.15) is 30.1 Å². The van der Waals surface area contributed by atoms with Gasteiger partial charge in [-0.3, -0.25) is 4.79 Å². The van der Waals surface area contributed by atoms with Gasteiger partial charge in [0.05, 0.1) is 0 Å². The Hall–Kier alpha value is -2.04. The van der Waals surface area contributed by atoms with Crippen molar-refractivity contribution in [1.29, 1.82) is 0 Å². The number of hydrogen-bond donors (Lipinski definition) is 2. The van der Waals surface area contributed by atoms with Gasteiger partial charge >= 0.3 is 5.97 Å². The van der Waals surface area contributed by atoms with Gasteiger partial charge in [0.15, 0.2) is 6.10 Å². The summed E-state index contributed by atoms with van der Waals surface area (Å²) in [5.41, 5.74) is 0.0589. The highest BCUT2D eigenvalue weighted by Crippen LogP contribution is 2.20. The van der Waals surface area contributed by atoms with E-state index < -0.39 is 12.1 Å². The van der Waals surface area contributed by atoms with Crippen LogP contribution in [-0.2, 0) is 9.53 Å². The maximum atomic E-state index is 11.7. The zero-order chi connectivity index (χ0) is 13.1. The second kappa shape index (κ2) is 5.08. The Labute approximate surface area is 105 Å². The fourth-order valence-electron chi connectivity index (χ4n) is 1.47. The maximum absolute atomic E-state index is 11.7. The van der Waals surface area contributed by atoms with Gasteiger partial charge in [-0.15, -0.1) is 0 Å². The number of ether oxygens (including phenoxy) is 1. The van der Waals surface area contributed by atoms with Crippen molar-refractivity contribution in [1.82, 2.24) is 5.32 Å². The molecule has 1 aromatic rings. The number of phenolic OH excluding ortho intramolecular Hbond substituents is 1. The molecule has 5 nitrogen and oxygen atoms in total. The Morgan fingerprint density at radius 1 is 1.39 bits per heavy atom. The fourth-order valence-corrected chi connectivity index (χ4v) is 1.47. The first-order chi connectivity index (χ1) is 8.58. The molecule has 0 aromatic heterocycles. The van der Waals surface area contributed by atoms with Gasteiger partial charge in [-0.25, -0.2) is 4.79 Å². The lowest BCUT2D eigenvalue weighted by molar-refractivity contribution is -0.129. The van der Waals surface area contributed by atoms with E-state index in [0.717, 1.165) is 12.8 Å². The molecule has 0 unspecified atom stereocenters. The zero-order valence-electron chi connectivity index (χ0n) is 10.1. The predicted molar refractivity (Wildman–Crippen MR) is 64.1 cm³/mol. The van der Waals surface area contributed by atoms with E-state index in [1.54, 1.807) is 12.1 Å². The van der Waals surface area contributed by atoms with Gasteiger partial charge in [-0.05, 0) is 31.9 Å². The number of para-hydroxylation sites is 1. The number of aromatic hydroxyl groups is 1. The summed E-state index contributed by atoms with van der Waals surface area (Å²) in [6.07, 6.45) is 1.09. The van der Waals surface area contributed by atoms with E-state index in [9.17, 15) is 14.7 Å². The first kappa shape index (κ1) is 12.4. The third-order valence-electron chi connectivity index (χ3n) is 2.70. The number of hydrogen-bond acceptors (Lipinski definition) is 4. The third-order valence-corrected chi connectivity index (χ3v) is 2.70. The molecule has 0 bridgehead atoms. The van der Waals surface area contributed by atoms with Crippen LogP contribution in [0.3, 0.4) is 0 Å². The molecule has 0 aliphatic heterocycles. The highest BCUT2D eigenvalue weighted by atomic mass is 16.5. The minimum atomic E-state index is -0.863. The molecular weight excluding hydrogens is 234 g/mol. The van der Waals surface area contributed by atoms with E-state index in [-0.39, 0.29) is 23.3 Å². The van der Waals surface area contributed by atoms with E-state index in [1.807, 2.05) is 0 Å². The van der Waals surface area contributed by atoms with Crippen LogP contribution in [0.4, 0.5) is 0 Å². The van der Waals surface area contributed by atoms with E-state index in [0.29, 0.717) is 0 Å². The van der Waals surface area contributed by atoms with Gasteiger partial charge in [-0.2, -0.15) is 0 Å². The van der Waals surface area contributed by atoms with Crippen LogP contribution in [0.15, 0.2) is 24.3 Å². The summed E-state index contributed by atoms with van der Waals surface area (Å²) < 4.78 is 5.00. The van der Waals surface area contributed by atoms with Crippen molar-refractivity contribution in [3.63, 3.8) is 0 Å². The molecular formula is C13H15NO4. The molecule has 2 N–H and O–H groups in total. The smallest absolute Gasteiger partial charge is 0.342 e. The molecule has 1 atom stereocenters. The number of esters is 1. The van der Waals surface area contributed by atoms with Crippen LogP contribution in [0, 0.1) is 0 Å². The summed E-state index contributed by atoms with van der Waals surface area (Å²) in [6.45, 7) is 1.51. The minimum absolute atomic E-state index is 0.0589. The van der Waals surface area contributed by atoms with E-state index in [4.69, 9.17) is 4.74 Å². The SMILES string of the molecule is C[C@@H](OC(=O)c1ccccc1O)C(=O)NC1CC1. The number of carbonyl (C=O) groups is 2. The van der Waals surface area contributed by atoms with E-state index >= 15 is 0 Å². The molecule has 1 amide bonds. The van der Waals surface area contributed by atoms with Crippen LogP contribution in [-0.4, -0.2) is 29.1 Å². The number of nitrogens with one attached hydrogen (secondary N) is 1. The van der Waals surface area contributed by atoms with E-state index in [2.05, 4.69) is 5.32 Å². The monoisotopic (exact) mass is 249 g/mol. The molecule has 5 heteroatoms. The first-order valence-electron chi connectivity index (χ1n) is 5.87. The van der Waals surface area contributed by atoms with Gasteiger partial charge in [-0.1, -0.05) is 12.1 Å². The molecule has 1 aromatic carbocycles. The topological polar surface area (TPSA) is 75.6 Å². The molecule has 1 aliphatic rings. The molecule has 18 heavy (non-hydrogen) atoms. The van der Waals surface area contributed by atoms with Crippen LogP contribution in [0.2, 0.25) is 0 Å². The highest BCUT2D eigenvalue weighted by Gasteiger charge is 2.27. The van der Waals surface area contributed by atoms with Crippen LogP contribution in [0.5, 0.6) is 5.75 Å². The van der Waals surface area contributed by atoms with E-state index in [1.165, 1.54) is 19.1 Å². The van der Waals surface area contributed by atoms with Gasteiger partial charge in [0.2, 0.25) is 0 Å². The number of amides is 1. The van der Waals surface area contributed by atoms with Crippen molar-refractivity contribution < 1.29 is 19.4 Å². The summed E-state index contributed by atoms with van der Waals surface area (Å²) in [5, 5.41) is 12.2. The Morgan fingerprint density at radius 2 is 2.06 bits per heavy atom. The summed E-state index contributed by atoms with van der Waals surface area (Å²) in [6, 6.07) is 6.29. The molecule has 1 saturated carbocycles. The molecule has 2 rings (SSSR count). The summed E-state index contributed by atoms with van der Waals surface area (Å²) >= 11 is 0. The largest absolute Gasteiger partial charge is 0.507 e. The summed E-state index contributed by atoms with van der Waals surface area (Å²) in [4.78, 5) is 23.3. The molecule has 0 saturated heterocycles. The zero-order valence-corrected chi connectivity index (χ0v) is 10.1. The molecule has 1 fully saturated rings. The van der Waals surface area contributed by atoms with Crippen LogP contribution >= 0.6 is 0 Å². The Kier molecular flexibility index (Phi) is 3.50. The van der Waals surface area contributed by atoms with Crippen LogP contribution in [0.25, 0.3) is 0 Å². The predicted octanol–water partition coefficient (Wildman–Crippen LogP) is 1.22. The van der Waals surface area contributed by atoms with Crippen molar-refractivity contribution in [3.05, 3.63) is 29.8 Å². The second-order valence-corrected chi connectivity index (χ2v) is 4.35. The maximum Gasteiger partial charge on any atom is 0.342 e. The van der Waals surface area contributed by atoms with Crippen molar-refractivity contribution in [3.8, 4) is 5.75 Å². The first-order valence-corrected chi connectivity index (χ1v) is 5.87. The summed E-state index contributed by atoms with van der Waals surface area (Å²) in [7, 11) is 0. The standard InChI is InChI=1S/C13H15NO4/c1-8(12(16)14-9-6-7-9)18-13(17)10-4-2-3-5-11(10)15/h2-5,8-9,15H,6-7H2,1H3,(H,14,16)/t8-/m1/s1. The average Bonchev–Trinajstić information content (AvgIpc) is 3.13. The number of rotatable bonds is 4.